The Hall–Kier alpha value is -2.24. The van der Waals surface area contributed by atoms with Crippen molar-refractivity contribution >= 4 is 34.0 Å². The SMILES string of the molecule is Nc1ccc2nc(N)c(N)nc2c1N. The summed E-state index contributed by atoms with van der Waals surface area (Å²) in [4.78, 5) is 8.05. The van der Waals surface area contributed by atoms with Gasteiger partial charge in [0.05, 0.1) is 16.9 Å². The van der Waals surface area contributed by atoms with E-state index < -0.39 is 0 Å². The van der Waals surface area contributed by atoms with Crippen molar-refractivity contribution < 1.29 is 0 Å². The molecule has 0 saturated heterocycles. The van der Waals surface area contributed by atoms with Crippen LogP contribution < -0.4 is 22.9 Å². The quantitative estimate of drug-likeness (QED) is 0.431. The highest BCUT2D eigenvalue weighted by molar-refractivity contribution is 5.94. The van der Waals surface area contributed by atoms with E-state index in [2.05, 4.69) is 9.97 Å². The van der Waals surface area contributed by atoms with E-state index in [0.29, 0.717) is 22.4 Å². The average Bonchev–Trinajstić information content (AvgIpc) is 2.15. The molecule has 1 aromatic carbocycles. The Labute approximate surface area is 79.9 Å². The molecule has 72 valence electrons. The van der Waals surface area contributed by atoms with Crippen LogP contribution in [0.2, 0.25) is 0 Å². The number of nitrogens with zero attached hydrogens (tertiary/aromatic N) is 2. The summed E-state index contributed by atoms with van der Waals surface area (Å²) in [5.41, 5.74) is 24.2. The van der Waals surface area contributed by atoms with Crippen LogP contribution in [0.1, 0.15) is 0 Å². The van der Waals surface area contributed by atoms with Crippen molar-refractivity contribution in [2.75, 3.05) is 22.9 Å². The summed E-state index contributed by atoms with van der Waals surface area (Å²) in [6, 6.07) is 3.35. The third-order valence-electron chi connectivity index (χ3n) is 1.97. The van der Waals surface area contributed by atoms with Gasteiger partial charge in [-0.05, 0) is 12.1 Å². The minimum absolute atomic E-state index is 0.162. The van der Waals surface area contributed by atoms with Gasteiger partial charge >= 0.3 is 0 Å². The first-order valence-electron chi connectivity index (χ1n) is 3.96. The van der Waals surface area contributed by atoms with Crippen molar-refractivity contribution in [2.24, 2.45) is 0 Å². The van der Waals surface area contributed by atoms with Gasteiger partial charge in [-0.1, -0.05) is 0 Å². The van der Waals surface area contributed by atoms with Crippen molar-refractivity contribution in [3.63, 3.8) is 0 Å². The zero-order valence-electron chi connectivity index (χ0n) is 7.36. The minimum atomic E-state index is 0.162. The Kier molecular flexibility index (Phi) is 1.57. The number of anilines is 4. The number of nitrogens with two attached hydrogens (primary N) is 4. The van der Waals surface area contributed by atoms with Crippen LogP contribution >= 0.6 is 0 Å². The number of nitrogen functional groups attached to an aromatic ring is 4. The zero-order valence-corrected chi connectivity index (χ0v) is 7.36. The molecular weight excluding hydrogens is 180 g/mol. The lowest BCUT2D eigenvalue weighted by molar-refractivity contribution is 1.31. The summed E-state index contributed by atoms with van der Waals surface area (Å²) in [5, 5.41) is 0. The molecule has 8 N–H and O–H groups in total. The molecular formula is C8H10N6. The number of aromatic nitrogens is 2. The van der Waals surface area contributed by atoms with Gasteiger partial charge in [0.15, 0.2) is 11.6 Å². The predicted octanol–water partition coefficient (Wildman–Crippen LogP) is -0.0414. The van der Waals surface area contributed by atoms with E-state index in [0.717, 1.165) is 0 Å². The third-order valence-corrected chi connectivity index (χ3v) is 1.97. The molecule has 0 amide bonds. The molecule has 2 aromatic rings. The molecule has 0 aliphatic heterocycles. The summed E-state index contributed by atoms with van der Waals surface area (Å²) in [7, 11) is 0. The lowest BCUT2D eigenvalue weighted by Gasteiger charge is -2.05. The van der Waals surface area contributed by atoms with Gasteiger partial charge in [0, 0.05) is 0 Å². The molecule has 2 rings (SSSR count). The van der Waals surface area contributed by atoms with Crippen LogP contribution in [0.5, 0.6) is 0 Å². The van der Waals surface area contributed by atoms with Crippen molar-refractivity contribution in [2.45, 2.75) is 0 Å². The molecule has 0 aliphatic rings. The van der Waals surface area contributed by atoms with E-state index in [1.807, 2.05) is 0 Å². The number of fused-ring (bicyclic) bond motifs is 1. The Morgan fingerprint density at radius 1 is 0.857 bits per heavy atom. The number of benzene rings is 1. The van der Waals surface area contributed by atoms with Crippen molar-refractivity contribution in [3.05, 3.63) is 12.1 Å². The lowest BCUT2D eigenvalue weighted by Crippen LogP contribution is -2.04. The highest BCUT2D eigenvalue weighted by Crippen LogP contribution is 2.25. The zero-order chi connectivity index (χ0) is 10.3. The Morgan fingerprint density at radius 2 is 1.50 bits per heavy atom. The van der Waals surface area contributed by atoms with Crippen LogP contribution in [-0.4, -0.2) is 9.97 Å². The highest BCUT2D eigenvalue weighted by Gasteiger charge is 2.07. The van der Waals surface area contributed by atoms with Crippen LogP contribution in [0.15, 0.2) is 12.1 Å². The van der Waals surface area contributed by atoms with Gasteiger partial charge in [-0.2, -0.15) is 0 Å². The van der Waals surface area contributed by atoms with Crippen LogP contribution in [0, 0.1) is 0 Å². The van der Waals surface area contributed by atoms with Gasteiger partial charge in [0.1, 0.15) is 5.52 Å². The van der Waals surface area contributed by atoms with Crippen molar-refractivity contribution in [1.82, 2.24) is 9.97 Å². The largest absolute Gasteiger partial charge is 0.397 e. The molecule has 0 aliphatic carbocycles. The second-order valence-electron chi connectivity index (χ2n) is 2.93. The molecule has 0 bridgehead atoms. The fourth-order valence-corrected chi connectivity index (χ4v) is 1.18. The molecule has 0 unspecified atom stereocenters. The average molecular weight is 190 g/mol. The van der Waals surface area contributed by atoms with Crippen LogP contribution in [-0.2, 0) is 0 Å². The molecule has 0 atom stereocenters. The Bertz CT molecular complexity index is 507. The fraction of sp³-hybridized carbons (Fsp3) is 0. The minimum Gasteiger partial charge on any atom is -0.397 e. The maximum absolute atomic E-state index is 5.71. The number of hydrogen-bond acceptors (Lipinski definition) is 6. The van der Waals surface area contributed by atoms with E-state index in [9.17, 15) is 0 Å². The molecule has 6 nitrogen and oxygen atoms in total. The van der Waals surface area contributed by atoms with Crippen LogP contribution in [0.4, 0.5) is 23.0 Å². The first-order chi connectivity index (χ1) is 6.59. The summed E-state index contributed by atoms with van der Waals surface area (Å²) in [6.07, 6.45) is 0. The first-order valence-corrected chi connectivity index (χ1v) is 3.96. The summed E-state index contributed by atoms with van der Waals surface area (Å²) in [5.74, 6) is 0.358. The Balaban J connectivity index is 2.89. The molecule has 1 aromatic heterocycles. The van der Waals surface area contributed by atoms with Gasteiger partial charge in [0.2, 0.25) is 0 Å². The van der Waals surface area contributed by atoms with Gasteiger partial charge in [-0.15, -0.1) is 0 Å². The van der Waals surface area contributed by atoms with E-state index in [-0.39, 0.29) is 11.6 Å². The fourth-order valence-electron chi connectivity index (χ4n) is 1.18. The Morgan fingerprint density at radius 3 is 2.21 bits per heavy atom. The van der Waals surface area contributed by atoms with Crippen molar-refractivity contribution in [3.8, 4) is 0 Å². The van der Waals surface area contributed by atoms with Gasteiger partial charge in [0.25, 0.3) is 0 Å². The van der Waals surface area contributed by atoms with Gasteiger partial charge in [-0.25, -0.2) is 9.97 Å². The standard InChI is InChI=1S/C8H10N6/c9-3-1-2-4-6(5(3)10)14-8(12)7(11)13-4/h1-2H,9-10H2,(H2,11,13)(H2,12,14). The maximum Gasteiger partial charge on any atom is 0.167 e. The molecule has 14 heavy (non-hydrogen) atoms. The van der Waals surface area contributed by atoms with E-state index in [4.69, 9.17) is 22.9 Å². The predicted molar refractivity (Wildman–Crippen MR) is 57.2 cm³/mol. The monoisotopic (exact) mass is 190 g/mol. The molecule has 0 saturated carbocycles. The summed E-state index contributed by atoms with van der Waals surface area (Å²) in [6.45, 7) is 0. The summed E-state index contributed by atoms with van der Waals surface area (Å²) < 4.78 is 0. The van der Waals surface area contributed by atoms with Gasteiger partial charge in [-0.3, -0.25) is 0 Å². The van der Waals surface area contributed by atoms with Gasteiger partial charge < -0.3 is 22.9 Å². The number of hydrogen-bond donors (Lipinski definition) is 4. The number of rotatable bonds is 0. The smallest absolute Gasteiger partial charge is 0.167 e. The highest BCUT2D eigenvalue weighted by atomic mass is 15.0. The van der Waals surface area contributed by atoms with E-state index in [1.165, 1.54) is 0 Å². The summed E-state index contributed by atoms with van der Waals surface area (Å²) >= 11 is 0. The van der Waals surface area contributed by atoms with Crippen LogP contribution in [0.25, 0.3) is 11.0 Å². The second kappa shape index (κ2) is 2.63. The lowest BCUT2D eigenvalue weighted by atomic mass is 10.2. The molecule has 0 fully saturated rings. The van der Waals surface area contributed by atoms with Crippen molar-refractivity contribution in [1.29, 1.82) is 0 Å². The molecule has 0 radical (unpaired) electrons. The normalized spacial score (nSPS) is 10.6. The molecule has 0 spiro atoms. The molecule has 6 heteroatoms. The third kappa shape index (κ3) is 1.05. The van der Waals surface area contributed by atoms with E-state index in [1.54, 1.807) is 12.1 Å². The molecule has 1 heterocycles. The maximum atomic E-state index is 5.71. The van der Waals surface area contributed by atoms with E-state index >= 15 is 0 Å². The first kappa shape index (κ1) is 8.36. The van der Waals surface area contributed by atoms with Crippen LogP contribution in [0.3, 0.4) is 0 Å². The topological polar surface area (TPSA) is 130 Å². The second-order valence-corrected chi connectivity index (χ2v) is 2.93.